The molecule has 0 aromatic carbocycles. The third-order valence-electron chi connectivity index (χ3n) is 2.29. The van der Waals surface area contributed by atoms with Crippen LogP contribution in [0.1, 0.15) is 0 Å². The van der Waals surface area contributed by atoms with E-state index in [1.807, 2.05) is 16.8 Å². The Hall–Kier alpha value is -2.10. The van der Waals surface area contributed by atoms with Crippen LogP contribution in [0.2, 0.25) is 0 Å². The maximum Gasteiger partial charge on any atom is 0.189 e. The zero-order valence-corrected chi connectivity index (χ0v) is 7.27. The summed E-state index contributed by atoms with van der Waals surface area (Å²) in [5, 5.41) is 0.672. The summed E-state index contributed by atoms with van der Waals surface area (Å²) in [6, 6.07) is 3.31. The van der Waals surface area contributed by atoms with Gasteiger partial charge >= 0.3 is 0 Å². The van der Waals surface area contributed by atoms with Gasteiger partial charge in [-0.25, -0.2) is 4.98 Å². The van der Waals surface area contributed by atoms with E-state index in [2.05, 4.69) is 9.97 Å². The molecule has 14 heavy (non-hydrogen) atoms. The summed E-state index contributed by atoms with van der Waals surface area (Å²) in [7, 11) is 0. The van der Waals surface area contributed by atoms with Crippen LogP contribution in [0.25, 0.3) is 16.6 Å². The van der Waals surface area contributed by atoms with Gasteiger partial charge in [-0.15, -0.1) is 0 Å². The first kappa shape index (κ1) is 7.32. The van der Waals surface area contributed by atoms with E-state index in [1.54, 1.807) is 18.5 Å². The topological polar surface area (TPSA) is 50.2 Å². The maximum atomic E-state index is 11.5. The first-order valence-electron chi connectivity index (χ1n) is 4.29. The summed E-state index contributed by atoms with van der Waals surface area (Å²) in [5.41, 5.74) is 1.58. The lowest BCUT2D eigenvalue weighted by molar-refractivity contribution is 1.19. The Balaban J connectivity index is 2.71. The quantitative estimate of drug-likeness (QED) is 0.571. The zero-order chi connectivity index (χ0) is 9.54. The van der Waals surface area contributed by atoms with Gasteiger partial charge in [-0.1, -0.05) is 0 Å². The molecule has 1 N–H and O–H groups in total. The van der Waals surface area contributed by atoms with Gasteiger partial charge < -0.3 is 9.38 Å². The SMILES string of the molecule is O=c1cc[nH]c2c1ccn1ccnc21. The van der Waals surface area contributed by atoms with Crippen LogP contribution in [-0.2, 0) is 0 Å². The van der Waals surface area contributed by atoms with Crippen molar-refractivity contribution in [1.29, 1.82) is 0 Å². The molecule has 0 bridgehead atoms. The van der Waals surface area contributed by atoms with Gasteiger partial charge in [-0.2, -0.15) is 0 Å². The molecule has 0 radical (unpaired) electrons. The van der Waals surface area contributed by atoms with Gasteiger partial charge in [-0.05, 0) is 6.07 Å². The molecule has 0 fully saturated rings. The Kier molecular flexibility index (Phi) is 1.28. The van der Waals surface area contributed by atoms with E-state index < -0.39 is 0 Å². The fourth-order valence-corrected chi connectivity index (χ4v) is 1.62. The lowest BCUT2D eigenvalue weighted by Crippen LogP contribution is -2.01. The minimum absolute atomic E-state index is 0.0178. The van der Waals surface area contributed by atoms with Crippen LogP contribution < -0.4 is 5.43 Å². The number of aromatic nitrogens is 3. The van der Waals surface area contributed by atoms with Gasteiger partial charge in [0.2, 0.25) is 0 Å². The van der Waals surface area contributed by atoms with Crippen molar-refractivity contribution in [3.05, 3.63) is 47.1 Å². The molecule has 0 aliphatic heterocycles. The maximum absolute atomic E-state index is 11.5. The summed E-state index contributed by atoms with van der Waals surface area (Å²) >= 11 is 0. The molecule has 3 heterocycles. The number of imidazole rings is 1. The van der Waals surface area contributed by atoms with Crippen LogP contribution in [0.3, 0.4) is 0 Å². The van der Waals surface area contributed by atoms with E-state index in [0.29, 0.717) is 5.39 Å². The first-order valence-corrected chi connectivity index (χ1v) is 4.29. The molecular weight excluding hydrogens is 178 g/mol. The lowest BCUT2D eigenvalue weighted by Gasteiger charge is -1.98. The van der Waals surface area contributed by atoms with E-state index in [4.69, 9.17) is 0 Å². The number of hydrogen-bond acceptors (Lipinski definition) is 2. The third kappa shape index (κ3) is 0.821. The van der Waals surface area contributed by atoms with Gasteiger partial charge in [0.05, 0.1) is 10.9 Å². The number of aromatic amines is 1. The Morgan fingerprint density at radius 3 is 3.14 bits per heavy atom. The van der Waals surface area contributed by atoms with Crippen LogP contribution >= 0.6 is 0 Å². The van der Waals surface area contributed by atoms with Gasteiger partial charge in [0, 0.05) is 30.9 Å². The fraction of sp³-hybridized carbons (Fsp3) is 0. The van der Waals surface area contributed by atoms with Crippen molar-refractivity contribution in [2.24, 2.45) is 0 Å². The Morgan fingerprint density at radius 2 is 2.21 bits per heavy atom. The van der Waals surface area contributed by atoms with Gasteiger partial charge in [0.1, 0.15) is 0 Å². The summed E-state index contributed by atoms with van der Waals surface area (Å²) in [6.07, 6.45) is 7.03. The smallest absolute Gasteiger partial charge is 0.189 e. The van der Waals surface area contributed by atoms with Crippen LogP contribution in [0, 0.1) is 0 Å². The van der Waals surface area contributed by atoms with E-state index in [0.717, 1.165) is 11.2 Å². The molecule has 0 saturated carbocycles. The Labute approximate surface area is 78.8 Å². The minimum atomic E-state index is 0.0178. The monoisotopic (exact) mass is 185 g/mol. The molecule has 4 nitrogen and oxygen atoms in total. The highest BCUT2D eigenvalue weighted by atomic mass is 16.1. The molecule has 3 aromatic heterocycles. The molecule has 68 valence electrons. The van der Waals surface area contributed by atoms with Crippen molar-refractivity contribution in [3.63, 3.8) is 0 Å². The van der Waals surface area contributed by atoms with Gasteiger partial charge in [0.25, 0.3) is 0 Å². The van der Waals surface area contributed by atoms with Gasteiger partial charge in [-0.3, -0.25) is 4.79 Å². The largest absolute Gasteiger partial charge is 0.358 e. The summed E-state index contributed by atoms with van der Waals surface area (Å²) in [5.74, 6) is 0. The van der Waals surface area contributed by atoms with Crippen molar-refractivity contribution in [3.8, 4) is 0 Å². The summed E-state index contributed by atoms with van der Waals surface area (Å²) in [6.45, 7) is 0. The fourth-order valence-electron chi connectivity index (χ4n) is 1.62. The molecule has 0 unspecified atom stereocenters. The van der Waals surface area contributed by atoms with Gasteiger partial charge in [0.15, 0.2) is 11.1 Å². The first-order chi connectivity index (χ1) is 6.86. The number of nitrogens with zero attached hydrogens (tertiary/aromatic N) is 2. The molecule has 0 aliphatic carbocycles. The molecule has 0 amide bonds. The molecular formula is C10H7N3O. The number of rotatable bonds is 0. The third-order valence-corrected chi connectivity index (χ3v) is 2.29. The average Bonchev–Trinajstić information content (AvgIpc) is 2.66. The van der Waals surface area contributed by atoms with Crippen LogP contribution in [-0.4, -0.2) is 14.4 Å². The van der Waals surface area contributed by atoms with Crippen molar-refractivity contribution in [2.75, 3.05) is 0 Å². The number of pyridine rings is 2. The molecule has 3 rings (SSSR count). The molecule has 0 aliphatic rings. The Bertz CT molecular complexity index is 665. The summed E-state index contributed by atoms with van der Waals surface area (Å²) in [4.78, 5) is 18.7. The van der Waals surface area contributed by atoms with Crippen molar-refractivity contribution in [1.82, 2.24) is 14.4 Å². The highest BCUT2D eigenvalue weighted by Crippen LogP contribution is 2.11. The van der Waals surface area contributed by atoms with Crippen molar-refractivity contribution >= 4 is 16.6 Å². The van der Waals surface area contributed by atoms with Crippen molar-refractivity contribution < 1.29 is 0 Å². The van der Waals surface area contributed by atoms with E-state index >= 15 is 0 Å². The standard InChI is InChI=1S/C10H7N3O/c14-8-1-3-11-9-7(8)2-5-13-6-4-12-10(9)13/h1-6H,(H,11,14). The van der Waals surface area contributed by atoms with E-state index in [1.165, 1.54) is 6.07 Å². The number of H-pyrrole nitrogens is 1. The molecule has 0 saturated heterocycles. The molecule has 0 spiro atoms. The van der Waals surface area contributed by atoms with E-state index in [-0.39, 0.29) is 5.43 Å². The molecule has 3 aromatic rings. The average molecular weight is 185 g/mol. The van der Waals surface area contributed by atoms with Crippen LogP contribution in [0.5, 0.6) is 0 Å². The Morgan fingerprint density at radius 1 is 1.29 bits per heavy atom. The number of nitrogens with one attached hydrogen (secondary N) is 1. The predicted octanol–water partition coefficient (Wildman–Crippen LogP) is 1.18. The highest BCUT2D eigenvalue weighted by molar-refractivity contribution is 5.89. The summed E-state index contributed by atoms with van der Waals surface area (Å²) < 4.78 is 1.87. The second-order valence-corrected chi connectivity index (χ2v) is 3.10. The second-order valence-electron chi connectivity index (χ2n) is 3.10. The molecule has 0 atom stereocenters. The minimum Gasteiger partial charge on any atom is -0.358 e. The van der Waals surface area contributed by atoms with Crippen molar-refractivity contribution in [2.45, 2.75) is 0 Å². The van der Waals surface area contributed by atoms with Crippen LogP contribution in [0.15, 0.2) is 41.7 Å². The zero-order valence-electron chi connectivity index (χ0n) is 7.27. The number of fused-ring (bicyclic) bond motifs is 3. The predicted molar refractivity (Wildman–Crippen MR) is 53.3 cm³/mol. The lowest BCUT2D eigenvalue weighted by atomic mass is 10.2. The highest BCUT2D eigenvalue weighted by Gasteiger charge is 2.02. The van der Waals surface area contributed by atoms with Crippen LogP contribution in [0.4, 0.5) is 0 Å². The normalized spacial score (nSPS) is 11.1. The second kappa shape index (κ2) is 2.45. The van der Waals surface area contributed by atoms with E-state index in [9.17, 15) is 4.79 Å². The molecule has 4 heteroatoms. The number of hydrogen-bond donors (Lipinski definition) is 1.